The molecule has 1 aliphatic rings. The maximum atomic E-state index is 13.6. The third-order valence-electron chi connectivity index (χ3n) is 3.87. The first-order valence-corrected chi connectivity index (χ1v) is 8.28. The van der Waals surface area contributed by atoms with Gasteiger partial charge in [0.25, 0.3) is 5.91 Å². The normalized spacial score (nSPS) is 20.5. The van der Waals surface area contributed by atoms with Crippen molar-refractivity contribution < 1.29 is 13.8 Å². The average Bonchev–Trinajstić information content (AvgIpc) is 2.57. The topological polar surface area (TPSA) is 56.8 Å². The van der Waals surface area contributed by atoms with E-state index in [1.807, 2.05) is 18.2 Å². The summed E-state index contributed by atoms with van der Waals surface area (Å²) in [5.74, 6) is 1.14. The van der Waals surface area contributed by atoms with Crippen molar-refractivity contribution in [1.82, 2.24) is 5.32 Å². The molecule has 2 heterocycles. The van der Waals surface area contributed by atoms with Crippen LogP contribution < -0.4 is 9.88 Å². The highest BCUT2D eigenvalue weighted by Crippen LogP contribution is 2.36. The van der Waals surface area contributed by atoms with Gasteiger partial charge in [-0.1, -0.05) is 24.4 Å². The lowest BCUT2D eigenvalue weighted by Crippen LogP contribution is -2.56. The largest absolute Gasteiger partial charge is 0.310 e. The summed E-state index contributed by atoms with van der Waals surface area (Å²) < 4.78 is 15.6. The van der Waals surface area contributed by atoms with Crippen LogP contribution in [0.25, 0.3) is 0 Å². The predicted octanol–water partition coefficient (Wildman–Crippen LogP) is 2.83. The van der Waals surface area contributed by atoms with E-state index in [4.69, 9.17) is 17.6 Å². The molecule has 1 aliphatic heterocycles. The summed E-state index contributed by atoms with van der Waals surface area (Å²) >= 11 is 8.36. The fourth-order valence-corrected chi connectivity index (χ4v) is 3.47. The van der Waals surface area contributed by atoms with Crippen LogP contribution in [0.4, 0.5) is 4.39 Å². The van der Waals surface area contributed by atoms with Crippen molar-refractivity contribution in [3.63, 3.8) is 0 Å². The number of pyridine rings is 1. The molecule has 2 atom stereocenters. The van der Waals surface area contributed by atoms with Gasteiger partial charge in [0.2, 0.25) is 6.04 Å². The van der Waals surface area contributed by atoms with Crippen molar-refractivity contribution in [3.05, 3.63) is 70.2 Å². The van der Waals surface area contributed by atoms with Gasteiger partial charge in [0.1, 0.15) is 10.8 Å². The first-order valence-electron chi connectivity index (χ1n) is 7.08. The average molecular weight is 405 g/mol. The van der Waals surface area contributed by atoms with Gasteiger partial charge in [-0.05, 0) is 39.5 Å². The molecular weight excluding hydrogens is 393 g/mol. The fraction of sp³-hybridized carbons (Fsp3) is 0.118. The van der Waals surface area contributed by atoms with E-state index < -0.39 is 17.8 Å². The van der Waals surface area contributed by atoms with Gasteiger partial charge >= 0.3 is 0 Å². The summed E-state index contributed by atoms with van der Waals surface area (Å²) in [6, 6.07) is 9.34. The second-order valence-electron chi connectivity index (χ2n) is 5.28. The van der Waals surface area contributed by atoms with Crippen LogP contribution >= 0.6 is 28.1 Å². The first kappa shape index (κ1) is 16.6. The van der Waals surface area contributed by atoms with Crippen LogP contribution in [0.2, 0.25) is 0 Å². The zero-order valence-electron chi connectivity index (χ0n) is 12.3. The molecule has 1 fully saturated rings. The number of carbonyl (C=O) groups is 1. The van der Waals surface area contributed by atoms with E-state index >= 15 is 0 Å². The van der Waals surface area contributed by atoms with Crippen LogP contribution in [0.1, 0.15) is 17.5 Å². The lowest BCUT2D eigenvalue weighted by molar-refractivity contribution is -0.711. The number of hydrogen-bond acceptors (Lipinski definition) is 3. The van der Waals surface area contributed by atoms with Gasteiger partial charge in [-0.2, -0.15) is 4.57 Å². The Morgan fingerprint density at radius 2 is 2.00 bits per heavy atom. The standard InChI is InChI=1S/C17H11BrFN3OS/c18-12-8-10(4-5-13(12)19)14-11(9-20)17(24)21-16(23)15(14)22-6-2-1-3-7-22/h1-8,14-15,20H/p+1/t14-,15-/m1/s1. The molecule has 0 saturated carbocycles. The molecule has 0 spiro atoms. The van der Waals surface area contributed by atoms with Gasteiger partial charge in [0, 0.05) is 12.1 Å². The van der Waals surface area contributed by atoms with Crippen molar-refractivity contribution in [2.24, 2.45) is 0 Å². The molecule has 7 heteroatoms. The smallest absolute Gasteiger partial charge is 0.295 e. The summed E-state index contributed by atoms with van der Waals surface area (Å²) in [6.45, 7) is 0. The number of nitrogens with one attached hydrogen (secondary N) is 2. The van der Waals surface area contributed by atoms with E-state index in [1.165, 1.54) is 6.07 Å². The summed E-state index contributed by atoms with van der Waals surface area (Å²) in [5.41, 5.74) is 1.07. The summed E-state index contributed by atoms with van der Waals surface area (Å²) in [5, 5.41) is 10.2. The number of piperidine rings is 1. The van der Waals surface area contributed by atoms with Crippen molar-refractivity contribution in [2.75, 3.05) is 0 Å². The number of thiocarbonyl (C=S) groups is 1. The van der Waals surface area contributed by atoms with E-state index in [1.54, 1.807) is 29.1 Å². The first-order chi connectivity index (χ1) is 11.5. The molecule has 1 aromatic heterocycles. The van der Waals surface area contributed by atoms with E-state index in [9.17, 15) is 9.18 Å². The minimum absolute atomic E-state index is 0.174. The van der Waals surface area contributed by atoms with Crippen LogP contribution in [-0.2, 0) is 4.79 Å². The van der Waals surface area contributed by atoms with Gasteiger partial charge < -0.3 is 5.32 Å². The lowest BCUT2D eigenvalue weighted by Gasteiger charge is -2.29. The Morgan fingerprint density at radius 1 is 1.29 bits per heavy atom. The highest BCUT2D eigenvalue weighted by Gasteiger charge is 2.45. The van der Waals surface area contributed by atoms with Gasteiger partial charge in [0.05, 0.1) is 16.0 Å². The van der Waals surface area contributed by atoms with Crippen LogP contribution in [0, 0.1) is 11.2 Å². The van der Waals surface area contributed by atoms with Crippen molar-refractivity contribution in [1.29, 1.82) is 5.41 Å². The fourth-order valence-electron chi connectivity index (χ4n) is 2.80. The Morgan fingerprint density at radius 3 is 2.62 bits per heavy atom. The van der Waals surface area contributed by atoms with E-state index in [0.717, 1.165) is 0 Å². The molecule has 1 aromatic carbocycles. The monoisotopic (exact) mass is 404 g/mol. The SMILES string of the molecule is N=C=C1C(=S)NC(=O)[C@H]([n+]2ccccc2)[C@@H]1c1ccc(F)c(Br)c1. The highest BCUT2D eigenvalue weighted by molar-refractivity contribution is 9.10. The number of halogens is 2. The Hall–Kier alpha value is -2.21. The molecule has 1 amide bonds. The van der Waals surface area contributed by atoms with Gasteiger partial charge in [0.15, 0.2) is 12.4 Å². The second kappa shape index (κ2) is 6.73. The van der Waals surface area contributed by atoms with E-state index in [-0.39, 0.29) is 15.4 Å². The van der Waals surface area contributed by atoms with Gasteiger partial charge in [-0.15, -0.1) is 0 Å². The molecule has 4 nitrogen and oxygen atoms in total. The molecule has 2 aromatic rings. The predicted molar refractivity (Wildman–Crippen MR) is 94.5 cm³/mol. The molecule has 0 aliphatic carbocycles. The molecule has 0 bridgehead atoms. The number of aromatic nitrogens is 1. The Balaban J connectivity index is 2.20. The molecule has 0 unspecified atom stereocenters. The molecular formula is C17H12BrFN3OS+. The minimum Gasteiger partial charge on any atom is -0.310 e. The molecule has 3 rings (SSSR count). The maximum absolute atomic E-state index is 13.6. The van der Waals surface area contributed by atoms with Crippen molar-refractivity contribution >= 4 is 44.9 Å². The Bertz CT molecular complexity index is 881. The zero-order valence-corrected chi connectivity index (χ0v) is 14.7. The third-order valence-corrected chi connectivity index (χ3v) is 4.80. The maximum Gasteiger partial charge on any atom is 0.295 e. The van der Waals surface area contributed by atoms with Gasteiger partial charge in [-0.3, -0.25) is 10.2 Å². The lowest BCUT2D eigenvalue weighted by atomic mass is 9.82. The number of rotatable bonds is 2. The Kier molecular flexibility index (Phi) is 4.66. The van der Waals surface area contributed by atoms with Crippen LogP contribution in [-0.4, -0.2) is 16.8 Å². The van der Waals surface area contributed by atoms with Crippen LogP contribution in [0.3, 0.4) is 0 Å². The number of hydrogen-bond donors (Lipinski definition) is 2. The molecule has 0 radical (unpaired) electrons. The number of carbonyl (C=O) groups excluding carboxylic acids is 1. The molecule has 24 heavy (non-hydrogen) atoms. The number of amides is 1. The minimum atomic E-state index is -0.650. The molecule has 120 valence electrons. The zero-order chi connectivity index (χ0) is 17.3. The van der Waals surface area contributed by atoms with Crippen molar-refractivity contribution in [2.45, 2.75) is 12.0 Å². The van der Waals surface area contributed by atoms with Crippen LogP contribution in [0.15, 0.2) is 58.8 Å². The summed E-state index contributed by atoms with van der Waals surface area (Å²) in [7, 11) is 0. The number of benzene rings is 1. The number of nitrogens with zero attached hydrogens (tertiary/aromatic N) is 1. The highest BCUT2D eigenvalue weighted by atomic mass is 79.9. The summed E-state index contributed by atoms with van der Waals surface area (Å²) in [4.78, 5) is 12.8. The summed E-state index contributed by atoms with van der Waals surface area (Å²) in [6.07, 6.45) is 3.54. The molecule has 1 saturated heterocycles. The Labute approximate surface area is 151 Å². The third kappa shape index (κ3) is 2.94. The molecule has 2 N–H and O–H groups in total. The second-order valence-corrected chi connectivity index (χ2v) is 6.54. The van der Waals surface area contributed by atoms with Crippen LogP contribution in [0.5, 0.6) is 0 Å². The van der Waals surface area contributed by atoms with E-state index in [0.29, 0.717) is 11.1 Å². The van der Waals surface area contributed by atoms with Gasteiger partial charge in [-0.25, -0.2) is 4.39 Å². The van der Waals surface area contributed by atoms with Crippen molar-refractivity contribution in [3.8, 4) is 0 Å². The van der Waals surface area contributed by atoms with E-state index in [2.05, 4.69) is 27.1 Å². The quantitative estimate of drug-likeness (QED) is 0.350.